The van der Waals surface area contributed by atoms with Gasteiger partial charge in [0.25, 0.3) is 0 Å². The van der Waals surface area contributed by atoms with Gasteiger partial charge in [0.15, 0.2) is 0 Å². The van der Waals surface area contributed by atoms with Crippen LogP contribution in [0.5, 0.6) is 0 Å². The molecular formula is C13H24N2O4. The standard InChI is InChI=1S/C13H24N2O4/c1-3-9(2)11(12(17)18)14-13(19)15-6-4-5-10(7-15)8-16/h9-11,16H,3-8H2,1-2H3,(H,14,19)(H,17,18)/t9-,10?,11-/m0/s1. The summed E-state index contributed by atoms with van der Waals surface area (Å²) in [5, 5.41) is 20.9. The van der Waals surface area contributed by atoms with Crippen molar-refractivity contribution in [1.82, 2.24) is 10.2 Å². The summed E-state index contributed by atoms with van der Waals surface area (Å²) in [5.41, 5.74) is 0. The minimum Gasteiger partial charge on any atom is -0.480 e. The molecule has 3 N–H and O–H groups in total. The van der Waals surface area contributed by atoms with Crippen LogP contribution in [0.2, 0.25) is 0 Å². The van der Waals surface area contributed by atoms with Gasteiger partial charge in [0.1, 0.15) is 6.04 Å². The number of nitrogens with one attached hydrogen (secondary N) is 1. The van der Waals surface area contributed by atoms with E-state index >= 15 is 0 Å². The number of carboxylic acid groups (broad SMARTS) is 1. The fraction of sp³-hybridized carbons (Fsp3) is 0.846. The molecule has 0 spiro atoms. The molecule has 1 heterocycles. The van der Waals surface area contributed by atoms with Crippen LogP contribution in [0.1, 0.15) is 33.1 Å². The highest BCUT2D eigenvalue weighted by Gasteiger charge is 2.29. The first-order valence-electron chi connectivity index (χ1n) is 6.88. The number of aliphatic hydroxyl groups excluding tert-OH is 1. The Morgan fingerprint density at radius 1 is 1.47 bits per heavy atom. The summed E-state index contributed by atoms with van der Waals surface area (Å²) in [5.74, 6) is -1.01. The second kappa shape index (κ2) is 7.33. The van der Waals surface area contributed by atoms with Crippen LogP contribution < -0.4 is 5.32 Å². The normalized spacial score (nSPS) is 22.7. The molecule has 0 aromatic carbocycles. The highest BCUT2D eigenvalue weighted by Crippen LogP contribution is 2.16. The third-order valence-corrected chi connectivity index (χ3v) is 3.82. The maximum absolute atomic E-state index is 12.1. The van der Waals surface area contributed by atoms with E-state index in [1.54, 1.807) is 4.90 Å². The molecule has 1 aliphatic heterocycles. The van der Waals surface area contributed by atoms with E-state index < -0.39 is 12.0 Å². The first-order chi connectivity index (χ1) is 8.99. The van der Waals surface area contributed by atoms with Gasteiger partial charge in [-0.15, -0.1) is 0 Å². The van der Waals surface area contributed by atoms with Gasteiger partial charge in [-0.25, -0.2) is 9.59 Å². The monoisotopic (exact) mass is 272 g/mol. The number of carbonyl (C=O) groups excluding carboxylic acids is 1. The number of hydrogen-bond donors (Lipinski definition) is 3. The molecule has 1 saturated heterocycles. The Balaban J connectivity index is 2.58. The molecule has 1 rings (SSSR count). The highest BCUT2D eigenvalue weighted by molar-refractivity contribution is 5.82. The smallest absolute Gasteiger partial charge is 0.326 e. The summed E-state index contributed by atoms with van der Waals surface area (Å²) < 4.78 is 0. The molecule has 0 radical (unpaired) electrons. The van der Waals surface area contributed by atoms with Crippen molar-refractivity contribution in [3.63, 3.8) is 0 Å². The van der Waals surface area contributed by atoms with Crippen LogP contribution in [0.15, 0.2) is 0 Å². The predicted octanol–water partition coefficient (Wildman–Crippen LogP) is 0.900. The van der Waals surface area contributed by atoms with Gasteiger partial charge in [-0.2, -0.15) is 0 Å². The van der Waals surface area contributed by atoms with Gasteiger partial charge in [-0.3, -0.25) is 0 Å². The van der Waals surface area contributed by atoms with E-state index in [0.717, 1.165) is 12.8 Å². The number of hydrogen-bond acceptors (Lipinski definition) is 3. The van der Waals surface area contributed by atoms with E-state index in [4.69, 9.17) is 10.2 Å². The van der Waals surface area contributed by atoms with E-state index in [9.17, 15) is 9.59 Å². The van der Waals surface area contributed by atoms with Crippen molar-refractivity contribution in [3.8, 4) is 0 Å². The van der Waals surface area contributed by atoms with Gasteiger partial charge in [-0.05, 0) is 24.7 Å². The lowest BCUT2D eigenvalue weighted by molar-refractivity contribution is -0.140. The van der Waals surface area contributed by atoms with Crippen LogP contribution >= 0.6 is 0 Å². The first kappa shape index (κ1) is 15.8. The van der Waals surface area contributed by atoms with Crippen LogP contribution in [-0.2, 0) is 4.79 Å². The largest absolute Gasteiger partial charge is 0.480 e. The number of urea groups is 1. The van der Waals surface area contributed by atoms with Gasteiger partial charge in [0.05, 0.1) is 0 Å². The Morgan fingerprint density at radius 3 is 2.68 bits per heavy atom. The quantitative estimate of drug-likeness (QED) is 0.693. The van der Waals surface area contributed by atoms with Crippen molar-refractivity contribution >= 4 is 12.0 Å². The zero-order valence-electron chi connectivity index (χ0n) is 11.6. The van der Waals surface area contributed by atoms with E-state index in [1.165, 1.54) is 0 Å². The molecule has 0 bridgehead atoms. The molecule has 6 heteroatoms. The van der Waals surface area contributed by atoms with Crippen LogP contribution in [0.4, 0.5) is 4.79 Å². The lowest BCUT2D eigenvalue weighted by Crippen LogP contribution is -2.53. The molecule has 1 unspecified atom stereocenters. The third-order valence-electron chi connectivity index (χ3n) is 3.82. The first-order valence-corrected chi connectivity index (χ1v) is 6.88. The van der Waals surface area contributed by atoms with Crippen molar-refractivity contribution in [2.75, 3.05) is 19.7 Å². The lowest BCUT2D eigenvalue weighted by atomic mass is 9.98. The minimum absolute atomic E-state index is 0.0670. The summed E-state index contributed by atoms with van der Waals surface area (Å²) in [6.45, 7) is 4.89. The van der Waals surface area contributed by atoms with Gasteiger partial charge < -0.3 is 20.4 Å². The second-order valence-corrected chi connectivity index (χ2v) is 5.29. The number of likely N-dealkylation sites (tertiary alicyclic amines) is 1. The number of carbonyl (C=O) groups is 2. The number of amides is 2. The Bertz CT molecular complexity index is 322. The van der Waals surface area contributed by atoms with E-state index in [2.05, 4.69) is 5.32 Å². The summed E-state index contributed by atoms with van der Waals surface area (Å²) in [6, 6.07) is -1.20. The summed E-state index contributed by atoms with van der Waals surface area (Å²) >= 11 is 0. The Labute approximate surface area is 113 Å². The van der Waals surface area contributed by atoms with Crippen molar-refractivity contribution in [2.24, 2.45) is 11.8 Å². The fourth-order valence-corrected chi connectivity index (χ4v) is 2.31. The van der Waals surface area contributed by atoms with Gasteiger partial charge in [-0.1, -0.05) is 20.3 Å². The average molecular weight is 272 g/mol. The third kappa shape index (κ3) is 4.38. The van der Waals surface area contributed by atoms with Crippen molar-refractivity contribution < 1.29 is 19.8 Å². The molecule has 3 atom stereocenters. The molecule has 0 saturated carbocycles. The lowest BCUT2D eigenvalue weighted by Gasteiger charge is -2.33. The van der Waals surface area contributed by atoms with Crippen LogP contribution in [0.3, 0.4) is 0 Å². The Hall–Kier alpha value is -1.30. The predicted molar refractivity (Wildman–Crippen MR) is 70.8 cm³/mol. The molecule has 6 nitrogen and oxygen atoms in total. The Kier molecular flexibility index (Phi) is 6.08. The number of aliphatic hydroxyl groups is 1. The molecular weight excluding hydrogens is 248 g/mol. The zero-order valence-corrected chi connectivity index (χ0v) is 11.6. The van der Waals surface area contributed by atoms with Crippen molar-refractivity contribution in [3.05, 3.63) is 0 Å². The molecule has 110 valence electrons. The van der Waals surface area contributed by atoms with E-state index in [0.29, 0.717) is 19.5 Å². The number of aliphatic carboxylic acids is 1. The van der Waals surface area contributed by atoms with Gasteiger partial charge >= 0.3 is 12.0 Å². The highest BCUT2D eigenvalue weighted by atomic mass is 16.4. The van der Waals surface area contributed by atoms with E-state index in [-0.39, 0.29) is 24.5 Å². The van der Waals surface area contributed by atoms with Crippen molar-refractivity contribution in [1.29, 1.82) is 0 Å². The van der Waals surface area contributed by atoms with Crippen LogP contribution in [-0.4, -0.2) is 52.9 Å². The molecule has 1 fully saturated rings. The average Bonchev–Trinajstić information content (AvgIpc) is 2.43. The summed E-state index contributed by atoms with van der Waals surface area (Å²) in [6.07, 6.45) is 2.45. The maximum atomic E-state index is 12.1. The number of piperidine rings is 1. The Morgan fingerprint density at radius 2 is 2.16 bits per heavy atom. The van der Waals surface area contributed by atoms with Crippen LogP contribution in [0.25, 0.3) is 0 Å². The van der Waals surface area contributed by atoms with Crippen LogP contribution in [0, 0.1) is 11.8 Å². The number of rotatable bonds is 5. The summed E-state index contributed by atoms with van der Waals surface area (Å²) in [4.78, 5) is 24.8. The minimum atomic E-state index is -1.00. The molecule has 0 aromatic heterocycles. The van der Waals surface area contributed by atoms with Crippen molar-refractivity contribution in [2.45, 2.75) is 39.2 Å². The maximum Gasteiger partial charge on any atom is 0.326 e. The van der Waals surface area contributed by atoms with E-state index in [1.807, 2.05) is 13.8 Å². The molecule has 0 aliphatic carbocycles. The molecule has 19 heavy (non-hydrogen) atoms. The summed E-state index contributed by atoms with van der Waals surface area (Å²) in [7, 11) is 0. The number of nitrogens with zero attached hydrogens (tertiary/aromatic N) is 1. The molecule has 2 amide bonds. The topological polar surface area (TPSA) is 89.9 Å². The SMILES string of the molecule is CC[C@H](C)[C@H](NC(=O)N1CCCC(CO)C1)C(=O)O. The molecule has 1 aliphatic rings. The molecule has 0 aromatic rings. The van der Waals surface area contributed by atoms with Gasteiger partial charge in [0.2, 0.25) is 0 Å². The zero-order chi connectivity index (χ0) is 14.4. The fourth-order valence-electron chi connectivity index (χ4n) is 2.31. The number of carboxylic acids is 1. The van der Waals surface area contributed by atoms with Gasteiger partial charge in [0, 0.05) is 19.7 Å². The second-order valence-electron chi connectivity index (χ2n) is 5.29.